The zero-order chi connectivity index (χ0) is 11.5. The molecule has 2 unspecified atom stereocenters. The molecule has 0 aromatic carbocycles. The Morgan fingerprint density at radius 3 is 3.12 bits per heavy atom. The second-order valence-electron chi connectivity index (χ2n) is 4.21. The summed E-state index contributed by atoms with van der Waals surface area (Å²) in [6.45, 7) is 2.20. The molecule has 1 fully saturated rings. The summed E-state index contributed by atoms with van der Waals surface area (Å²) < 4.78 is 0. The Hall–Kier alpha value is -1.27. The van der Waals surface area contributed by atoms with Gasteiger partial charge in [0, 0.05) is 6.04 Å². The number of rotatable bonds is 4. The summed E-state index contributed by atoms with van der Waals surface area (Å²) in [6, 6.07) is 5.90. The lowest BCUT2D eigenvalue weighted by molar-refractivity contribution is 0.692. The van der Waals surface area contributed by atoms with Crippen molar-refractivity contribution in [3.8, 4) is 6.07 Å². The molecule has 2 rings (SSSR count). The van der Waals surface area contributed by atoms with Crippen LogP contribution in [0.3, 0.4) is 0 Å². The zero-order valence-corrected chi connectivity index (χ0v) is 9.96. The summed E-state index contributed by atoms with van der Waals surface area (Å²) in [5, 5.41) is 12.5. The van der Waals surface area contributed by atoms with E-state index in [0.717, 1.165) is 5.92 Å². The maximum Gasteiger partial charge on any atom is 0.132 e. The highest BCUT2D eigenvalue weighted by molar-refractivity contribution is 6.29. The molecule has 1 aliphatic carbocycles. The van der Waals surface area contributed by atoms with E-state index in [1.807, 2.05) is 0 Å². The van der Waals surface area contributed by atoms with Crippen molar-refractivity contribution < 1.29 is 0 Å². The molecule has 1 saturated carbocycles. The number of anilines is 1. The Morgan fingerprint density at radius 1 is 1.62 bits per heavy atom. The van der Waals surface area contributed by atoms with Gasteiger partial charge in [0.1, 0.15) is 11.0 Å². The fourth-order valence-corrected chi connectivity index (χ4v) is 2.15. The molecular weight excluding hydrogens is 222 g/mol. The van der Waals surface area contributed by atoms with E-state index >= 15 is 0 Å². The van der Waals surface area contributed by atoms with E-state index in [1.165, 1.54) is 19.3 Å². The van der Waals surface area contributed by atoms with Gasteiger partial charge in [-0.05, 0) is 30.9 Å². The van der Waals surface area contributed by atoms with Crippen molar-refractivity contribution in [1.29, 1.82) is 5.26 Å². The van der Waals surface area contributed by atoms with E-state index in [1.54, 1.807) is 12.1 Å². The third-order valence-electron chi connectivity index (χ3n) is 2.84. The summed E-state index contributed by atoms with van der Waals surface area (Å²) in [4.78, 5) is 4.16. The largest absolute Gasteiger partial charge is 0.367 e. The Kier molecular flexibility index (Phi) is 3.31. The summed E-state index contributed by atoms with van der Waals surface area (Å²) in [5.41, 5.74) is 0.551. The van der Waals surface area contributed by atoms with E-state index in [2.05, 4.69) is 23.3 Å². The zero-order valence-electron chi connectivity index (χ0n) is 9.20. The van der Waals surface area contributed by atoms with Gasteiger partial charge < -0.3 is 5.32 Å². The van der Waals surface area contributed by atoms with Crippen LogP contribution in [0, 0.1) is 17.2 Å². The third-order valence-corrected chi connectivity index (χ3v) is 3.03. The van der Waals surface area contributed by atoms with Gasteiger partial charge in [-0.2, -0.15) is 5.26 Å². The molecule has 1 N–H and O–H groups in total. The third kappa shape index (κ3) is 2.65. The monoisotopic (exact) mass is 235 g/mol. The van der Waals surface area contributed by atoms with E-state index < -0.39 is 0 Å². The molecular formula is C12H14ClN3. The van der Waals surface area contributed by atoms with Gasteiger partial charge >= 0.3 is 0 Å². The van der Waals surface area contributed by atoms with Crippen LogP contribution in [0.15, 0.2) is 12.1 Å². The van der Waals surface area contributed by atoms with E-state index in [0.29, 0.717) is 22.6 Å². The molecule has 1 aliphatic rings. The van der Waals surface area contributed by atoms with Crippen LogP contribution in [0.25, 0.3) is 0 Å². The van der Waals surface area contributed by atoms with Crippen molar-refractivity contribution in [2.24, 2.45) is 5.92 Å². The lowest BCUT2D eigenvalue weighted by Gasteiger charge is -2.05. The molecule has 84 valence electrons. The highest BCUT2D eigenvalue weighted by Gasteiger charge is 2.36. The number of pyridine rings is 1. The molecule has 1 aromatic rings. The molecule has 2 atom stereocenters. The first-order valence-electron chi connectivity index (χ1n) is 5.57. The highest BCUT2D eigenvalue weighted by atomic mass is 35.5. The molecule has 16 heavy (non-hydrogen) atoms. The van der Waals surface area contributed by atoms with E-state index in [-0.39, 0.29) is 0 Å². The molecule has 0 spiro atoms. The second-order valence-corrected chi connectivity index (χ2v) is 4.60. The Labute approximate surface area is 100 Å². The minimum absolute atomic E-state index is 0.370. The van der Waals surface area contributed by atoms with Crippen molar-refractivity contribution in [3.05, 3.63) is 22.8 Å². The van der Waals surface area contributed by atoms with Crippen molar-refractivity contribution >= 4 is 17.4 Å². The van der Waals surface area contributed by atoms with Gasteiger partial charge in [-0.15, -0.1) is 0 Å². The fourth-order valence-electron chi connectivity index (χ4n) is 1.94. The van der Waals surface area contributed by atoms with Crippen LogP contribution in [-0.4, -0.2) is 11.0 Å². The van der Waals surface area contributed by atoms with Crippen LogP contribution in [0.2, 0.25) is 5.15 Å². The number of aromatic nitrogens is 1. The van der Waals surface area contributed by atoms with Crippen LogP contribution in [0.5, 0.6) is 0 Å². The van der Waals surface area contributed by atoms with Gasteiger partial charge in [-0.1, -0.05) is 24.9 Å². The number of hydrogen-bond donors (Lipinski definition) is 1. The number of hydrogen-bond acceptors (Lipinski definition) is 3. The quantitative estimate of drug-likeness (QED) is 0.816. The van der Waals surface area contributed by atoms with Gasteiger partial charge in [-0.3, -0.25) is 0 Å². The first-order chi connectivity index (χ1) is 7.72. The van der Waals surface area contributed by atoms with E-state index in [4.69, 9.17) is 16.9 Å². The van der Waals surface area contributed by atoms with Gasteiger partial charge in [0.25, 0.3) is 0 Å². The van der Waals surface area contributed by atoms with Crippen LogP contribution in [0.4, 0.5) is 5.82 Å². The first kappa shape index (κ1) is 11.2. The van der Waals surface area contributed by atoms with Gasteiger partial charge in [0.15, 0.2) is 0 Å². The predicted molar refractivity (Wildman–Crippen MR) is 64.4 cm³/mol. The minimum atomic E-state index is 0.370. The molecule has 4 heteroatoms. The maximum atomic E-state index is 8.81. The van der Waals surface area contributed by atoms with Crippen molar-refractivity contribution in [2.75, 3.05) is 5.32 Å². The summed E-state index contributed by atoms with van der Waals surface area (Å²) in [7, 11) is 0. The molecule has 0 amide bonds. The van der Waals surface area contributed by atoms with Crippen LogP contribution >= 0.6 is 11.6 Å². The maximum absolute atomic E-state index is 8.81. The van der Waals surface area contributed by atoms with E-state index in [9.17, 15) is 0 Å². The normalized spacial score (nSPS) is 22.6. The highest BCUT2D eigenvalue weighted by Crippen LogP contribution is 2.37. The molecule has 0 saturated heterocycles. The Bertz CT molecular complexity index is 425. The number of nitriles is 1. The molecule has 1 aromatic heterocycles. The SMILES string of the molecule is CCCC1CC1Nc1cc(C#N)cc(Cl)n1. The average Bonchev–Trinajstić information content (AvgIpc) is 2.96. The van der Waals surface area contributed by atoms with Crippen LogP contribution < -0.4 is 5.32 Å². The number of nitrogens with zero attached hydrogens (tertiary/aromatic N) is 2. The lowest BCUT2D eigenvalue weighted by atomic mass is 10.2. The van der Waals surface area contributed by atoms with Crippen LogP contribution in [0.1, 0.15) is 31.7 Å². The molecule has 0 aliphatic heterocycles. The molecule has 0 radical (unpaired) electrons. The number of nitrogens with one attached hydrogen (secondary N) is 1. The lowest BCUT2D eigenvalue weighted by Crippen LogP contribution is -2.06. The summed E-state index contributed by atoms with van der Waals surface area (Å²) in [5.74, 6) is 1.48. The fraction of sp³-hybridized carbons (Fsp3) is 0.500. The first-order valence-corrected chi connectivity index (χ1v) is 5.95. The standard InChI is InChI=1S/C12H14ClN3/c1-2-3-9-6-10(9)15-12-5-8(7-14)4-11(13)16-12/h4-5,9-10H,2-3,6H2,1H3,(H,15,16). The number of halogens is 1. The van der Waals surface area contributed by atoms with Crippen molar-refractivity contribution in [1.82, 2.24) is 4.98 Å². The van der Waals surface area contributed by atoms with Crippen LogP contribution in [-0.2, 0) is 0 Å². The smallest absolute Gasteiger partial charge is 0.132 e. The van der Waals surface area contributed by atoms with Crippen molar-refractivity contribution in [3.63, 3.8) is 0 Å². The Morgan fingerprint density at radius 2 is 2.44 bits per heavy atom. The Balaban J connectivity index is 2.00. The van der Waals surface area contributed by atoms with Gasteiger partial charge in [0.05, 0.1) is 11.6 Å². The molecule has 3 nitrogen and oxygen atoms in total. The van der Waals surface area contributed by atoms with Gasteiger partial charge in [-0.25, -0.2) is 4.98 Å². The average molecular weight is 236 g/mol. The molecule has 1 heterocycles. The van der Waals surface area contributed by atoms with Gasteiger partial charge in [0.2, 0.25) is 0 Å². The van der Waals surface area contributed by atoms with Crippen molar-refractivity contribution in [2.45, 2.75) is 32.2 Å². The summed E-state index contributed by atoms with van der Waals surface area (Å²) in [6.07, 6.45) is 3.67. The topological polar surface area (TPSA) is 48.7 Å². The molecule has 0 bridgehead atoms. The second kappa shape index (κ2) is 4.71. The minimum Gasteiger partial charge on any atom is -0.367 e. The summed E-state index contributed by atoms with van der Waals surface area (Å²) >= 11 is 5.83. The predicted octanol–water partition coefficient (Wildman–Crippen LogP) is 3.21.